The molecule has 0 saturated carbocycles. The van der Waals surface area contributed by atoms with Gasteiger partial charge in [-0.2, -0.15) is 0 Å². The van der Waals surface area contributed by atoms with Crippen molar-refractivity contribution in [2.45, 2.75) is 26.8 Å². The van der Waals surface area contributed by atoms with E-state index in [0.29, 0.717) is 11.9 Å². The summed E-state index contributed by atoms with van der Waals surface area (Å²) in [6.07, 6.45) is 2.92. The highest BCUT2D eigenvalue weighted by Gasteiger charge is 2.09. The second-order valence-corrected chi connectivity index (χ2v) is 7.83. The molecule has 1 aromatic heterocycles. The third kappa shape index (κ3) is 4.95. The third-order valence-corrected chi connectivity index (χ3v) is 4.99. The van der Waals surface area contributed by atoms with Crippen LogP contribution in [0.3, 0.4) is 0 Å². The van der Waals surface area contributed by atoms with Gasteiger partial charge in [0, 0.05) is 6.21 Å². The smallest absolute Gasteiger partial charge is 0.230 e. The minimum absolute atomic E-state index is 0.645. The van der Waals surface area contributed by atoms with Crippen molar-refractivity contribution < 1.29 is 4.74 Å². The number of aliphatic imine (C=N–C) groups is 1. The quantitative estimate of drug-likeness (QED) is 0.329. The standard InChI is InChI=1S/C26H27N3O/c1-20(2)16-17-30-23-14-12-21(13-15-23)18-27-26-28-24-10-6-7-11-25(24)29(26)19-22-8-4-3-5-9-22/h3-15,18,20H,16-17,19H2,1-2H3/b27-18-. The van der Waals surface area contributed by atoms with E-state index in [1.807, 2.05) is 54.7 Å². The van der Waals surface area contributed by atoms with Crippen LogP contribution in [0.25, 0.3) is 11.0 Å². The monoisotopic (exact) mass is 397 g/mol. The fourth-order valence-electron chi connectivity index (χ4n) is 3.28. The molecule has 0 spiro atoms. The van der Waals surface area contributed by atoms with E-state index >= 15 is 0 Å². The third-order valence-electron chi connectivity index (χ3n) is 4.99. The minimum Gasteiger partial charge on any atom is -0.494 e. The summed E-state index contributed by atoms with van der Waals surface area (Å²) in [4.78, 5) is 9.45. The Kier molecular flexibility index (Phi) is 6.23. The molecule has 30 heavy (non-hydrogen) atoms. The number of hydrogen-bond acceptors (Lipinski definition) is 3. The van der Waals surface area contributed by atoms with Crippen LogP contribution < -0.4 is 4.74 Å². The number of fused-ring (bicyclic) bond motifs is 1. The molecule has 0 N–H and O–H groups in total. The molecular formula is C26H27N3O. The average Bonchev–Trinajstić information content (AvgIpc) is 3.11. The molecule has 0 bridgehead atoms. The van der Waals surface area contributed by atoms with E-state index in [-0.39, 0.29) is 0 Å². The minimum atomic E-state index is 0.645. The van der Waals surface area contributed by atoms with Crippen LogP contribution in [0.2, 0.25) is 0 Å². The molecule has 4 nitrogen and oxygen atoms in total. The lowest BCUT2D eigenvalue weighted by Gasteiger charge is -2.08. The molecule has 152 valence electrons. The predicted octanol–water partition coefficient (Wildman–Crippen LogP) is 6.26. The zero-order valence-electron chi connectivity index (χ0n) is 17.5. The number of benzene rings is 3. The highest BCUT2D eigenvalue weighted by Crippen LogP contribution is 2.23. The van der Waals surface area contributed by atoms with Crippen LogP contribution in [-0.2, 0) is 6.54 Å². The summed E-state index contributed by atoms with van der Waals surface area (Å²) in [5.74, 6) is 2.24. The molecule has 3 aromatic carbocycles. The topological polar surface area (TPSA) is 39.4 Å². The maximum Gasteiger partial charge on any atom is 0.230 e. The Balaban J connectivity index is 1.54. The highest BCUT2D eigenvalue weighted by atomic mass is 16.5. The molecule has 0 radical (unpaired) electrons. The van der Waals surface area contributed by atoms with Gasteiger partial charge in [0.05, 0.1) is 24.2 Å². The van der Waals surface area contributed by atoms with Crippen molar-refractivity contribution in [2.75, 3.05) is 6.61 Å². The Bertz CT molecular complexity index is 1110. The molecule has 0 saturated heterocycles. The molecular weight excluding hydrogens is 370 g/mol. The molecule has 4 rings (SSSR count). The van der Waals surface area contributed by atoms with Gasteiger partial charge in [-0.3, -0.25) is 0 Å². The van der Waals surface area contributed by atoms with Crippen molar-refractivity contribution in [3.05, 3.63) is 90.0 Å². The summed E-state index contributed by atoms with van der Waals surface area (Å²) in [5, 5.41) is 0. The molecule has 0 aliphatic carbocycles. The maximum atomic E-state index is 5.80. The van der Waals surface area contributed by atoms with E-state index in [9.17, 15) is 0 Å². The van der Waals surface area contributed by atoms with Gasteiger partial charge in [0.25, 0.3) is 0 Å². The first-order valence-corrected chi connectivity index (χ1v) is 10.4. The first-order chi connectivity index (χ1) is 14.7. The van der Waals surface area contributed by atoms with Crippen LogP contribution >= 0.6 is 0 Å². The number of hydrogen-bond donors (Lipinski definition) is 0. The fourth-order valence-corrected chi connectivity index (χ4v) is 3.28. The largest absolute Gasteiger partial charge is 0.494 e. The average molecular weight is 398 g/mol. The maximum absolute atomic E-state index is 5.80. The van der Waals surface area contributed by atoms with Crippen LogP contribution in [-0.4, -0.2) is 22.4 Å². The second kappa shape index (κ2) is 9.40. The summed E-state index contributed by atoms with van der Waals surface area (Å²) in [6.45, 7) is 5.88. The number of nitrogens with zero attached hydrogens (tertiary/aromatic N) is 3. The van der Waals surface area contributed by atoms with Gasteiger partial charge in [-0.1, -0.05) is 56.3 Å². The number of imidazole rings is 1. The highest BCUT2D eigenvalue weighted by molar-refractivity contribution is 5.84. The summed E-state index contributed by atoms with van der Waals surface area (Å²) in [6, 6.07) is 26.6. The Morgan fingerprint density at radius 1 is 0.933 bits per heavy atom. The van der Waals surface area contributed by atoms with E-state index in [1.54, 1.807) is 0 Å². The first kappa shape index (κ1) is 19.9. The fraction of sp³-hybridized carbons (Fsp3) is 0.231. The Morgan fingerprint density at radius 3 is 2.43 bits per heavy atom. The summed E-state index contributed by atoms with van der Waals surface area (Å²) in [7, 11) is 0. The van der Waals surface area contributed by atoms with Crippen LogP contribution in [0.1, 0.15) is 31.4 Å². The van der Waals surface area contributed by atoms with Gasteiger partial charge >= 0.3 is 0 Å². The van der Waals surface area contributed by atoms with E-state index < -0.39 is 0 Å². The lowest BCUT2D eigenvalue weighted by molar-refractivity contribution is 0.289. The summed E-state index contributed by atoms with van der Waals surface area (Å²) < 4.78 is 7.96. The van der Waals surface area contributed by atoms with Crippen LogP contribution in [0.5, 0.6) is 5.75 Å². The Labute approximate surface area is 177 Å². The van der Waals surface area contributed by atoms with Gasteiger partial charge in [-0.05, 0) is 59.9 Å². The van der Waals surface area contributed by atoms with Crippen molar-refractivity contribution >= 4 is 23.2 Å². The lowest BCUT2D eigenvalue weighted by Crippen LogP contribution is -2.01. The van der Waals surface area contributed by atoms with Gasteiger partial charge < -0.3 is 9.30 Å². The molecule has 0 aliphatic heterocycles. The van der Waals surface area contributed by atoms with E-state index in [2.05, 4.69) is 48.7 Å². The summed E-state index contributed by atoms with van der Waals surface area (Å²) in [5.41, 5.74) is 4.28. The van der Waals surface area contributed by atoms with Crippen LogP contribution in [0, 0.1) is 5.92 Å². The molecule has 0 amide bonds. The number of rotatable bonds is 8. The molecule has 4 aromatic rings. The van der Waals surface area contributed by atoms with Gasteiger partial charge in [0.1, 0.15) is 5.75 Å². The van der Waals surface area contributed by atoms with Crippen molar-refractivity contribution in [3.63, 3.8) is 0 Å². The number of ether oxygens (including phenoxy) is 1. The summed E-state index contributed by atoms with van der Waals surface area (Å²) >= 11 is 0. The predicted molar refractivity (Wildman–Crippen MR) is 124 cm³/mol. The Morgan fingerprint density at radius 2 is 1.67 bits per heavy atom. The van der Waals surface area contributed by atoms with Crippen molar-refractivity contribution in [1.29, 1.82) is 0 Å². The van der Waals surface area contributed by atoms with Gasteiger partial charge in [-0.25, -0.2) is 9.98 Å². The molecule has 4 heteroatoms. The zero-order chi connectivity index (χ0) is 20.8. The second-order valence-electron chi connectivity index (χ2n) is 7.83. The molecule has 0 aliphatic rings. The van der Waals surface area contributed by atoms with E-state index in [0.717, 1.165) is 41.9 Å². The van der Waals surface area contributed by atoms with Crippen molar-refractivity contribution in [2.24, 2.45) is 10.9 Å². The molecule has 0 fully saturated rings. The molecule has 0 unspecified atom stereocenters. The normalized spacial score (nSPS) is 11.6. The SMILES string of the molecule is CC(C)CCOc1ccc(/C=N\c2nc3ccccc3n2Cc2ccccc2)cc1. The first-order valence-electron chi connectivity index (χ1n) is 10.4. The van der Waals surface area contributed by atoms with E-state index in [1.165, 1.54) is 5.56 Å². The molecule has 1 heterocycles. The number of aromatic nitrogens is 2. The molecule has 0 atom stereocenters. The lowest BCUT2D eigenvalue weighted by atomic mass is 10.1. The number of para-hydroxylation sites is 2. The van der Waals surface area contributed by atoms with Crippen LogP contribution in [0.4, 0.5) is 5.95 Å². The van der Waals surface area contributed by atoms with Crippen LogP contribution in [0.15, 0.2) is 83.9 Å². The van der Waals surface area contributed by atoms with Gasteiger partial charge in [0.15, 0.2) is 0 Å². The zero-order valence-corrected chi connectivity index (χ0v) is 17.5. The Hall–Kier alpha value is -3.40. The van der Waals surface area contributed by atoms with Gasteiger partial charge in [0.2, 0.25) is 5.95 Å². The van der Waals surface area contributed by atoms with Gasteiger partial charge in [-0.15, -0.1) is 0 Å². The van der Waals surface area contributed by atoms with E-state index in [4.69, 9.17) is 14.7 Å². The van der Waals surface area contributed by atoms with Crippen molar-refractivity contribution in [1.82, 2.24) is 9.55 Å². The van der Waals surface area contributed by atoms with Crippen molar-refractivity contribution in [3.8, 4) is 5.75 Å².